The summed E-state index contributed by atoms with van der Waals surface area (Å²) in [5, 5.41) is 11.0. The molecule has 1 atom stereocenters. The van der Waals surface area contributed by atoms with Crippen molar-refractivity contribution in [1.82, 2.24) is 20.7 Å². The van der Waals surface area contributed by atoms with Gasteiger partial charge in [-0.1, -0.05) is 25.9 Å². The van der Waals surface area contributed by atoms with Crippen LogP contribution in [0.2, 0.25) is 0 Å². The maximum absolute atomic E-state index is 5.44. The molecular formula is C21H40IN5O. The number of rotatable bonds is 10. The Balaban J connectivity index is 0.00000392. The predicted octanol–water partition coefficient (Wildman–Crippen LogP) is 3.98. The Morgan fingerprint density at radius 2 is 2.04 bits per heavy atom. The van der Waals surface area contributed by atoms with E-state index in [0.717, 1.165) is 54.8 Å². The molecule has 0 radical (unpaired) electrons. The molecule has 0 bridgehead atoms. The number of aromatic nitrogens is 1. The molecule has 6 nitrogen and oxygen atoms in total. The molecule has 1 aromatic heterocycles. The topological polar surface area (TPSA) is 65.7 Å². The van der Waals surface area contributed by atoms with Crippen molar-refractivity contribution in [2.24, 2.45) is 10.9 Å². The number of unbranched alkanes of at least 4 members (excludes halogenated alkanes) is 1. The summed E-state index contributed by atoms with van der Waals surface area (Å²) < 4.78 is 5.44. The number of nitrogens with one attached hydrogen (secondary N) is 2. The molecule has 0 amide bonds. The predicted molar refractivity (Wildman–Crippen MR) is 128 cm³/mol. The van der Waals surface area contributed by atoms with Gasteiger partial charge < -0.3 is 20.1 Å². The minimum Gasteiger partial charge on any atom is -0.361 e. The average Bonchev–Trinajstić information content (AvgIpc) is 3.07. The first-order chi connectivity index (χ1) is 13.2. The zero-order valence-corrected chi connectivity index (χ0v) is 20.6. The number of hydrogen-bond donors (Lipinski definition) is 2. The first kappa shape index (κ1) is 25.2. The second-order valence-corrected chi connectivity index (χ2v) is 7.62. The van der Waals surface area contributed by atoms with Crippen LogP contribution >= 0.6 is 24.0 Å². The van der Waals surface area contributed by atoms with Gasteiger partial charge in [-0.25, -0.2) is 4.99 Å². The Labute approximate surface area is 188 Å². The third-order valence-corrected chi connectivity index (χ3v) is 5.28. The highest BCUT2D eigenvalue weighted by atomic mass is 127. The number of likely N-dealkylation sites (tertiary alicyclic amines) is 1. The molecule has 0 aromatic carbocycles. The fourth-order valence-electron chi connectivity index (χ4n) is 3.77. The number of piperidine rings is 1. The van der Waals surface area contributed by atoms with Gasteiger partial charge in [-0.2, -0.15) is 0 Å². The van der Waals surface area contributed by atoms with Gasteiger partial charge in [0.25, 0.3) is 0 Å². The van der Waals surface area contributed by atoms with Crippen LogP contribution in [0.5, 0.6) is 0 Å². The van der Waals surface area contributed by atoms with Gasteiger partial charge in [-0.15, -0.1) is 24.0 Å². The molecule has 1 aliphatic rings. The van der Waals surface area contributed by atoms with E-state index < -0.39 is 0 Å². The van der Waals surface area contributed by atoms with Crippen LogP contribution in [0.1, 0.15) is 70.4 Å². The molecule has 1 aromatic rings. The molecule has 1 saturated heterocycles. The van der Waals surface area contributed by atoms with Gasteiger partial charge in [0.15, 0.2) is 5.96 Å². The Bertz CT molecular complexity index is 554. The van der Waals surface area contributed by atoms with E-state index in [1.807, 2.05) is 0 Å². The van der Waals surface area contributed by atoms with Gasteiger partial charge in [0.05, 0.1) is 12.2 Å². The van der Waals surface area contributed by atoms with Gasteiger partial charge in [-0.3, -0.25) is 0 Å². The van der Waals surface area contributed by atoms with Gasteiger partial charge >= 0.3 is 0 Å². The monoisotopic (exact) mass is 505 g/mol. The second-order valence-electron chi connectivity index (χ2n) is 7.62. The first-order valence-electron chi connectivity index (χ1n) is 10.9. The molecule has 0 spiro atoms. The number of aryl methyl sites for hydroxylation is 2. The number of aliphatic imine (C=N–C) groups is 1. The van der Waals surface area contributed by atoms with Gasteiger partial charge in [0.1, 0.15) is 5.76 Å². The minimum absolute atomic E-state index is 0. The van der Waals surface area contributed by atoms with E-state index in [9.17, 15) is 0 Å². The Hall–Kier alpha value is -0.830. The van der Waals surface area contributed by atoms with Crippen LogP contribution in [0.4, 0.5) is 0 Å². The van der Waals surface area contributed by atoms with Crippen LogP contribution in [-0.4, -0.2) is 48.7 Å². The lowest BCUT2D eigenvalue weighted by Gasteiger charge is -2.30. The summed E-state index contributed by atoms with van der Waals surface area (Å²) in [6.07, 6.45) is 6.91. The zero-order valence-electron chi connectivity index (χ0n) is 18.2. The standard InChI is InChI=1S/C21H39N5O.HI/c1-5-19-18(20(6-2)27-25-19)15-24-21(22-7-3)23-12-8-9-13-26-14-10-11-17(4)16-26;/h17H,5-16H2,1-4H3,(H2,22,23,24);1H. The summed E-state index contributed by atoms with van der Waals surface area (Å²) in [7, 11) is 0. The molecule has 162 valence electrons. The second kappa shape index (κ2) is 14.2. The van der Waals surface area contributed by atoms with Gasteiger partial charge in [-0.05, 0) is 58.0 Å². The molecule has 2 heterocycles. The molecule has 1 aliphatic heterocycles. The lowest BCUT2D eigenvalue weighted by atomic mass is 10.0. The summed E-state index contributed by atoms with van der Waals surface area (Å²) >= 11 is 0. The number of nitrogens with zero attached hydrogens (tertiary/aromatic N) is 3. The van der Waals surface area contributed by atoms with Crippen LogP contribution in [-0.2, 0) is 19.4 Å². The van der Waals surface area contributed by atoms with Gasteiger partial charge in [0.2, 0.25) is 0 Å². The first-order valence-corrected chi connectivity index (χ1v) is 10.9. The lowest BCUT2D eigenvalue weighted by molar-refractivity contribution is 0.181. The molecule has 1 unspecified atom stereocenters. The summed E-state index contributed by atoms with van der Waals surface area (Å²) in [4.78, 5) is 7.38. The van der Waals surface area contributed by atoms with E-state index in [4.69, 9.17) is 9.52 Å². The van der Waals surface area contributed by atoms with E-state index in [-0.39, 0.29) is 24.0 Å². The maximum Gasteiger partial charge on any atom is 0.191 e. The third kappa shape index (κ3) is 8.27. The van der Waals surface area contributed by atoms with E-state index >= 15 is 0 Å². The Kier molecular flexibility index (Phi) is 12.8. The molecule has 1 fully saturated rings. The van der Waals surface area contributed by atoms with Gasteiger partial charge in [0, 0.05) is 31.6 Å². The summed E-state index contributed by atoms with van der Waals surface area (Å²) in [5.74, 6) is 2.71. The molecule has 0 saturated carbocycles. The van der Waals surface area contributed by atoms with Crippen molar-refractivity contribution >= 4 is 29.9 Å². The van der Waals surface area contributed by atoms with Crippen LogP contribution < -0.4 is 10.6 Å². The van der Waals surface area contributed by atoms with Crippen molar-refractivity contribution in [2.45, 2.75) is 72.8 Å². The van der Waals surface area contributed by atoms with Crippen LogP contribution in [0.15, 0.2) is 9.52 Å². The van der Waals surface area contributed by atoms with Crippen molar-refractivity contribution in [3.05, 3.63) is 17.0 Å². The van der Waals surface area contributed by atoms with Crippen molar-refractivity contribution < 1.29 is 4.52 Å². The zero-order chi connectivity index (χ0) is 19.5. The van der Waals surface area contributed by atoms with E-state index in [1.54, 1.807) is 0 Å². The average molecular weight is 505 g/mol. The SMILES string of the molecule is CCNC(=NCc1c(CC)noc1CC)NCCCCN1CCCC(C)C1.I. The molecule has 7 heteroatoms. The molecule has 28 heavy (non-hydrogen) atoms. The van der Waals surface area contributed by atoms with Crippen molar-refractivity contribution in [2.75, 3.05) is 32.7 Å². The van der Waals surface area contributed by atoms with Crippen molar-refractivity contribution in [3.63, 3.8) is 0 Å². The minimum atomic E-state index is 0. The smallest absolute Gasteiger partial charge is 0.191 e. The molecule has 2 rings (SSSR count). The van der Waals surface area contributed by atoms with E-state index in [0.29, 0.717) is 6.54 Å². The van der Waals surface area contributed by atoms with Crippen molar-refractivity contribution in [1.29, 1.82) is 0 Å². The van der Waals surface area contributed by atoms with Crippen LogP contribution in [0, 0.1) is 5.92 Å². The summed E-state index contributed by atoms with van der Waals surface area (Å²) in [6, 6.07) is 0. The molecular weight excluding hydrogens is 465 g/mol. The molecule has 0 aliphatic carbocycles. The highest BCUT2D eigenvalue weighted by molar-refractivity contribution is 14.0. The number of hydrogen-bond acceptors (Lipinski definition) is 4. The van der Waals surface area contributed by atoms with Crippen LogP contribution in [0.3, 0.4) is 0 Å². The van der Waals surface area contributed by atoms with E-state index in [2.05, 4.69) is 48.4 Å². The van der Waals surface area contributed by atoms with E-state index in [1.165, 1.54) is 45.3 Å². The Morgan fingerprint density at radius 1 is 1.21 bits per heavy atom. The largest absolute Gasteiger partial charge is 0.361 e. The number of halogens is 1. The van der Waals surface area contributed by atoms with Crippen LogP contribution in [0.25, 0.3) is 0 Å². The fraction of sp³-hybridized carbons (Fsp3) is 0.810. The fourth-order valence-corrected chi connectivity index (χ4v) is 3.77. The Morgan fingerprint density at radius 3 is 2.71 bits per heavy atom. The lowest BCUT2D eigenvalue weighted by Crippen LogP contribution is -2.38. The molecule has 2 N–H and O–H groups in total. The number of guanidine groups is 1. The summed E-state index contributed by atoms with van der Waals surface area (Å²) in [6.45, 7) is 14.9. The highest BCUT2D eigenvalue weighted by Crippen LogP contribution is 2.17. The third-order valence-electron chi connectivity index (χ3n) is 5.28. The quantitative estimate of drug-likeness (QED) is 0.218. The highest BCUT2D eigenvalue weighted by Gasteiger charge is 2.15. The summed E-state index contributed by atoms with van der Waals surface area (Å²) in [5.41, 5.74) is 2.18. The maximum atomic E-state index is 5.44. The normalized spacial score (nSPS) is 18.0. The van der Waals surface area contributed by atoms with Crippen molar-refractivity contribution in [3.8, 4) is 0 Å².